The zero-order chi connectivity index (χ0) is 11.3. The third-order valence-electron chi connectivity index (χ3n) is 2.88. The van der Waals surface area contributed by atoms with Gasteiger partial charge in [-0.2, -0.15) is 0 Å². The molecule has 15 heavy (non-hydrogen) atoms. The molecule has 1 aliphatic rings. The monoisotopic (exact) mass is 213 g/mol. The first kappa shape index (κ1) is 12.5. The molecule has 3 heteroatoms. The summed E-state index contributed by atoms with van der Waals surface area (Å²) in [7, 11) is 0. The number of piperidine rings is 1. The second-order valence-electron chi connectivity index (χ2n) is 4.76. The van der Waals surface area contributed by atoms with Crippen molar-refractivity contribution in [2.24, 2.45) is 11.8 Å². The Labute approximate surface area is 92.8 Å². The van der Waals surface area contributed by atoms with Gasteiger partial charge in [-0.15, -0.1) is 0 Å². The number of nitrogens with zero attached hydrogens (tertiary/aromatic N) is 1. The smallest absolute Gasteiger partial charge is 0.307 e. The van der Waals surface area contributed by atoms with Crippen LogP contribution in [0.2, 0.25) is 0 Å². The summed E-state index contributed by atoms with van der Waals surface area (Å²) >= 11 is 0. The van der Waals surface area contributed by atoms with Crippen molar-refractivity contribution in [3.8, 4) is 0 Å². The molecule has 0 radical (unpaired) electrons. The maximum absolute atomic E-state index is 11.2. The summed E-state index contributed by atoms with van der Waals surface area (Å²) in [5.74, 6) is 1.45. The van der Waals surface area contributed by atoms with Gasteiger partial charge in [0.25, 0.3) is 0 Å². The maximum Gasteiger partial charge on any atom is 0.307 e. The van der Waals surface area contributed by atoms with E-state index in [2.05, 4.69) is 18.7 Å². The van der Waals surface area contributed by atoms with Crippen LogP contribution in [0.3, 0.4) is 0 Å². The number of hydrogen-bond donors (Lipinski definition) is 0. The molecule has 0 aromatic heterocycles. The summed E-state index contributed by atoms with van der Waals surface area (Å²) in [4.78, 5) is 13.6. The molecular formula is C12H23NO2. The maximum atomic E-state index is 11.2. The first-order valence-electron chi connectivity index (χ1n) is 5.99. The lowest BCUT2D eigenvalue weighted by Gasteiger charge is -2.34. The lowest BCUT2D eigenvalue weighted by atomic mass is 9.92. The van der Waals surface area contributed by atoms with Gasteiger partial charge in [0.1, 0.15) is 0 Å². The molecule has 3 nitrogen and oxygen atoms in total. The molecule has 1 aliphatic heterocycles. The van der Waals surface area contributed by atoms with E-state index in [4.69, 9.17) is 4.74 Å². The number of hydrogen-bond acceptors (Lipinski definition) is 3. The average molecular weight is 213 g/mol. The Morgan fingerprint density at radius 2 is 1.93 bits per heavy atom. The quantitative estimate of drug-likeness (QED) is 0.668. The molecule has 88 valence electrons. The summed E-state index contributed by atoms with van der Waals surface area (Å²) in [5, 5.41) is 0. The lowest BCUT2D eigenvalue weighted by Crippen LogP contribution is -2.39. The Bertz CT molecular complexity index is 196. The van der Waals surface area contributed by atoms with E-state index < -0.39 is 0 Å². The van der Waals surface area contributed by atoms with Gasteiger partial charge in [-0.3, -0.25) is 4.79 Å². The Kier molecular flexibility index (Phi) is 5.09. The first-order valence-corrected chi connectivity index (χ1v) is 5.99. The number of carbonyl (C=O) groups is 1. The van der Waals surface area contributed by atoms with Gasteiger partial charge in [-0.05, 0) is 25.2 Å². The predicted octanol–water partition coefficient (Wildman–Crippen LogP) is 1.92. The highest BCUT2D eigenvalue weighted by Crippen LogP contribution is 2.20. The van der Waals surface area contributed by atoms with Crippen LogP contribution in [0.4, 0.5) is 0 Å². The topological polar surface area (TPSA) is 29.5 Å². The van der Waals surface area contributed by atoms with E-state index >= 15 is 0 Å². The molecule has 0 bridgehead atoms. The van der Waals surface area contributed by atoms with Crippen molar-refractivity contribution < 1.29 is 9.53 Å². The van der Waals surface area contributed by atoms with Crippen molar-refractivity contribution in [2.45, 2.75) is 33.6 Å². The third kappa shape index (κ3) is 4.65. The molecular weight excluding hydrogens is 190 g/mol. The van der Waals surface area contributed by atoms with Crippen LogP contribution in [0.1, 0.15) is 33.6 Å². The van der Waals surface area contributed by atoms with Crippen molar-refractivity contribution >= 4 is 5.97 Å². The first-order chi connectivity index (χ1) is 7.11. The van der Waals surface area contributed by atoms with Crippen molar-refractivity contribution in [1.82, 2.24) is 4.90 Å². The molecule has 1 fully saturated rings. The third-order valence-corrected chi connectivity index (χ3v) is 2.88. The van der Waals surface area contributed by atoms with E-state index in [-0.39, 0.29) is 5.97 Å². The second kappa shape index (κ2) is 6.11. The lowest BCUT2D eigenvalue weighted by molar-refractivity contribution is -0.143. The Morgan fingerprint density at radius 1 is 1.33 bits per heavy atom. The fraction of sp³-hybridized carbons (Fsp3) is 0.917. The minimum absolute atomic E-state index is 0.0663. The highest BCUT2D eigenvalue weighted by atomic mass is 16.5. The highest BCUT2D eigenvalue weighted by Gasteiger charge is 2.21. The summed E-state index contributed by atoms with van der Waals surface area (Å²) in [6.07, 6.45) is 1.85. The van der Waals surface area contributed by atoms with Gasteiger partial charge in [0, 0.05) is 19.6 Å². The molecule has 0 unspecified atom stereocenters. The summed E-state index contributed by atoms with van der Waals surface area (Å²) in [6.45, 7) is 10.0. The number of carbonyl (C=O) groups excluding carboxylic acids is 1. The van der Waals surface area contributed by atoms with E-state index in [1.807, 2.05) is 6.92 Å². The van der Waals surface area contributed by atoms with E-state index in [1.165, 1.54) is 6.42 Å². The van der Waals surface area contributed by atoms with Gasteiger partial charge in [0.05, 0.1) is 13.0 Å². The molecule has 0 amide bonds. The van der Waals surface area contributed by atoms with Gasteiger partial charge in [0.2, 0.25) is 0 Å². The van der Waals surface area contributed by atoms with Crippen molar-refractivity contribution in [2.75, 3.05) is 26.2 Å². The van der Waals surface area contributed by atoms with Crippen LogP contribution in [0.5, 0.6) is 0 Å². The number of likely N-dealkylation sites (tertiary alicyclic amines) is 1. The van der Waals surface area contributed by atoms with Crippen molar-refractivity contribution in [3.05, 3.63) is 0 Å². The largest absolute Gasteiger partial charge is 0.466 e. The minimum atomic E-state index is -0.0663. The van der Waals surface area contributed by atoms with Gasteiger partial charge in [-0.1, -0.05) is 13.8 Å². The standard InChI is InChI=1S/C12H23NO2/c1-4-15-12(14)5-6-13-8-10(2)7-11(3)9-13/h10-11H,4-9H2,1-3H3/t10-,11-/m1/s1. The summed E-state index contributed by atoms with van der Waals surface area (Å²) < 4.78 is 4.92. The van der Waals surface area contributed by atoms with E-state index in [0.717, 1.165) is 31.5 Å². The number of rotatable bonds is 4. The van der Waals surface area contributed by atoms with Crippen LogP contribution < -0.4 is 0 Å². The van der Waals surface area contributed by atoms with E-state index in [0.29, 0.717) is 13.0 Å². The highest BCUT2D eigenvalue weighted by molar-refractivity contribution is 5.69. The summed E-state index contributed by atoms with van der Waals surface area (Å²) in [6, 6.07) is 0. The fourth-order valence-corrected chi connectivity index (χ4v) is 2.46. The fourth-order valence-electron chi connectivity index (χ4n) is 2.46. The molecule has 1 heterocycles. The van der Waals surface area contributed by atoms with E-state index in [9.17, 15) is 4.79 Å². The van der Waals surface area contributed by atoms with Crippen LogP contribution in [0.15, 0.2) is 0 Å². The molecule has 2 atom stereocenters. The summed E-state index contributed by atoms with van der Waals surface area (Å²) in [5.41, 5.74) is 0. The Morgan fingerprint density at radius 3 is 2.47 bits per heavy atom. The Hall–Kier alpha value is -0.570. The average Bonchev–Trinajstić information content (AvgIpc) is 2.14. The van der Waals surface area contributed by atoms with Crippen molar-refractivity contribution in [3.63, 3.8) is 0 Å². The van der Waals surface area contributed by atoms with Crippen LogP contribution in [0.25, 0.3) is 0 Å². The molecule has 1 saturated heterocycles. The van der Waals surface area contributed by atoms with Gasteiger partial charge in [0.15, 0.2) is 0 Å². The molecule has 0 saturated carbocycles. The van der Waals surface area contributed by atoms with Crippen LogP contribution in [-0.2, 0) is 9.53 Å². The SMILES string of the molecule is CCOC(=O)CCN1C[C@H](C)C[C@@H](C)C1. The van der Waals surface area contributed by atoms with Gasteiger partial charge in [-0.25, -0.2) is 0 Å². The normalized spacial score (nSPS) is 27.7. The molecule has 0 spiro atoms. The van der Waals surface area contributed by atoms with Gasteiger partial charge >= 0.3 is 5.97 Å². The molecule has 0 aliphatic carbocycles. The van der Waals surface area contributed by atoms with Gasteiger partial charge < -0.3 is 9.64 Å². The molecule has 1 rings (SSSR count). The second-order valence-corrected chi connectivity index (χ2v) is 4.76. The predicted molar refractivity (Wildman–Crippen MR) is 60.6 cm³/mol. The van der Waals surface area contributed by atoms with E-state index in [1.54, 1.807) is 0 Å². The zero-order valence-electron chi connectivity index (χ0n) is 10.2. The minimum Gasteiger partial charge on any atom is -0.466 e. The molecule has 0 aromatic rings. The zero-order valence-corrected chi connectivity index (χ0v) is 10.2. The number of ether oxygens (including phenoxy) is 1. The molecule has 0 aromatic carbocycles. The van der Waals surface area contributed by atoms with Crippen molar-refractivity contribution in [1.29, 1.82) is 0 Å². The van der Waals surface area contributed by atoms with Crippen LogP contribution >= 0.6 is 0 Å². The van der Waals surface area contributed by atoms with Crippen LogP contribution in [-0.4, -0.2) is 37.1 Å². The Balaban J connectivity index is 2.23. The number of esters is 1. The molecule has 0 N–H and O–H groups in total. The van der Waals surface area contributed by atoms with Crippen LogP contribution in [0, 0.1) is 11.8 Å².